The highest BCUT2D eigenvalue weighted by Gasteiger charge is 2.45. The lowest BCUT2D eigenvalue weighted by atomic mass is 10.2. The SMILES string of the molecule is COCON=c1ccn2c(c1OCOC)C(=O)N1CCOC[C@H]1N2C(=O)OC(C)(C)C. The van der Waals surface area contributed by atoms with Crippen LogP contribution in [0.4, 0.5) is 4.79 Å². The molecule has 0 saturated carbocycles. The van der Waals surface area contributed by atoms with Gasteiger partial charge in [0, 0.05) is 27.0 Å². The Kier molecular flexibility index (Phi) is 7.03. The van der Waals surface area contributed by atoms with Gasteiger partial charge in [0.05, 0.1) is 13.2 Å². The molecule has 2 aliphatic heterocycles. The van der Waals surface area contributed by atoms with Gasteiger partial charge in [-0.2, -0.15) is 5.01 Å². The molecule has 0 unspecified atom stereocenters. The molecule has 12 heteroatoms. The zero-order chi connectivity index (χ0) is 22.6. The Morgan fingerprint density at radius 2 is 2.00 bits per heavy atom. The normalized spacial score (nSPS) is 19.1. The summed E-state index contributed by atoms with van der Waals surface area (Å²) in [5, 5.41) is 5.55. The number of carbonyl (C=O) groups excluding carboxylic acids is 2. The minimum atomic E-state index is -0.738. The molecule has 2 aliphatic rings. The van der Waals surface area contributed by atoms with Crippen LogP contribution in [0.2, 0.25) is 0 Å². The maximum absolute atomic E-state index is 13.4. The van der Waals surface area contributed by atoms with Crippen molar-refractivity contribution in [3.05, 3.63) is 23.3 Å². The zero-order valence-electron chi connectivity index (χ0n) is 18.3. The summed E-state index contributed by atoms with van der Waals surface area (Å²) in [6.07, 6.45) is 0.221. The quantitative estimate of drug-likeness (QED) is 0.359. The summed E-state index contributed by atoms with van der Waals surface area (Å²) < 4.78 is 28.1. The number of carbonyl (C=O) groups is 2. The van der Waals surface area contributed by atoms with Crippen LogP contribution in [0, 0.1) is 0 Å². The average molecular weight is 440 g/mol. The van der Waals surface area contributed by atoms with E-state index in [9.17, 15) is 9.59 Å². The summed E-state index contributed by atoms with van der Waals surface area (Å²) in [7, 11) is 2.91. The molecule has 12 nitrogen and oxygen atoms in total. The molecule has 3 heterocycles. The number of fused-ring (bicyclic) bond motifs is 2. The highest BCUT2D eigenvalue weighted by atomic mass is 16.7. The van der Waals surface area contributed by atoms with Crippen LogP contribution >= 0.6 is 0 Å². The predicted octanol–water partition coefficient (Wildman–Crippen LogP) is 0.592. The smallest absolute Gasteiger partial charge is 0.431 e. The molecule has 0 spiro atoms. The second kappa shape index (κ2) is 9.54. The second-order valence-electron chi connectivity index (χ2n) is 7.78. The lowest BCUT2D eigenvalue weighted by molar-refractivity contribution is -0.0342. The molecule has 1 saturated heterocycles. The number of amides is 2. The first kappa shape index (κ1) is 22.8. The molecule has 0 aromatic carbocycles. The van der Waals surface area contributed by atoms with Gasteiger partial charge in [0.1, 0.15) is 11.0 Å². The lowest BCUT2D eigenvalue weighted by Gasteiger charge is -2.46. The van der Waals surface area contributed by atoms with Crippen LogP contribution in [0.1, 0.15) is 31.3 Å². The molecule has 0 bridgehead atoms. The minimum absolute atomic E-state index is 0.0858. The van der Waals surface area contributed by atoms with Crippen molar-refractivity contribution in [2.24, 2.45) is 5.16 Å². The van der Waals surface area contributed by atoms with E-state index in [0.29, 0.717) is 13.2 Å². The predicted molar refractivity (Wildman–Crippen MR) is 106 cm³/mol. The van der Waals surface area contributed by atoms with Gasteiger partial charge in [-0.25, -0.2) is 9.47 Å². The summed E-state index contributed by atoms with van der Waals surface area (Å²) in [5.41, 5.74) is -0.651. The molecule has 31 heavy (non-hydrogen) atoms. The molecule has 3 rings (SSSR count). The van der Waals surface area contributed by atoms with Crippen LogP contribution in [0.25, 0.3) is 0 Å². The van der Waals surface area contributed by atoms with Gasteiger partial charge >= 0.3 is 6.09 Å². The monoisotopic (exact) mass is 440 g/mol. The second-order valence-corrected chi connectivity index (χ2v) is 7.78. The van der Waals surface area contributed by atoms with Crippen molar-refractivity contribution in [3.63, 3.8) is 0 Å². The zero-order valence-corrected chi connectivity index (χ0v) is 18.3. The third kappa shape index (κ3) is 4.92. The Balaban J connectivity index is 2.16. The van der Waals surface area contributed by atoms with E-state index in [0.717, 1.165) is 0 Å². The number of methoxy groups -OCH3 is 2. The third-order valence-corrected chi connectivity index (χ3v) is 4.37. The van der Waals surface area contributed by atoms with E-state index in [1.54, 1.807) is 31.7 Å². The number of aromatic nitrogens is 1. The van der Waals surface area contributed by atoms with Crippen LogP contribution in [0.15, 0.2) is 17.4 Å². The molecule has 0 N–H and O–H groups in total. The summed E-state index contributed by atoms with van der Waals surface area (Å²) in [4.78, 5) is 33.2. The summed E-state index contributed by atoms with van der Waals surface area (Å²) in [5.74, 6) is -0.244. The van der Waals surface area contributed by atoms with E-state index < -0.39 is 17.9 Å². The summed E-state index contributed by atoms with van der Waals surface area (Å²) >= 11 is 0. The first-order valence-electron chi connectivity index (χ1n) is 9.72. The molecule has 1 atom stereocenters. The van der Waals surface area contributed by atoms with E-state index in [-0.39, 0.29) is 42.9 Å². The van der Waals surface area contributed by atoms with Crippen molar-refractivity contribution in [3.8, 4) is 5.75 Å². The van der Waals surface area contributed by atoms with Crippen molar-refractivity contribution in [1.82, 2.24) is 9.58 Å². The van der Waals surface area contributed by atoms with E-state index in [1.165, 1.54) is 30.1 Å². The van der Waals surface area contributed by atoms with Crippen molar-refractivity contribution in [2.45, 2.75) is 32.5 Å². The molecular formula is C19H28N4O8. The van der Waals surface area contributed by atoms with Gasteiger partial charge < -0.3 is 33.4 Å². The molecule has 1 aromatic rings. The largest absolute Gasteiger partial charge is 0.463 e. The van der Waals surface area contributed by atoms with Crippen molar-refractivity contribution >= 4 is 12.0 Å². The fraction of sp³-hybridized carbons (Fsp3) is 0.632. The van der Waals surface area contributed by atoms with E-state index >= 15 is 0 Å². The number of morpholine rings is 1. The van der Waals surface area contributed by atoms with Crippen LogP contribution in [0.5, 0.6) is 5.75 Å². The van der Waals surface area contributed by atoms with Crippen molar-refractivity contribution < 1.29 is 38.1 Å². The standard InChI is InChI=1S/C19H28N4O8/c1-19(2,3)31-18(25)23-14-10-28-9-8-21(14)17(24)15-16(29-11-26-4)13(6-7-22(15)23)20-30-12-27-5/h6-7,14H,8-12H2,1-5H3/t14-/m1/s1. The Morgan fingerprint density at radius 1 is 1.26 bits per heavy atom. The first-order valence-corrected chi connectivity index (χ1v) is 9.72. The maximum Gasteiger partial charge on any atom is 0.431 e. The first-order chi connectivity index (χ1) is 14.8. The highest BCUT2D eigenvalue weighted by molar-refractivity contribution is 5.98. The average Bonchev–Trinajstić information content (AvgIpc) is 2.72. The number of nitrogens with zero attached hydrogens (tertiary/aromatic N) is 4. The Hall–Kier alpha value is -2.83. The fourth-order valence-electron chi connectivity index (χ4n) is 3.20. The van der Waals surface area contributed by atoms with E-state index in [4.69, 9.17) is 28.5 Å². The van der Waals surface area contributed by atoms with Gasteiger partial charge in [0.15, 0.2) is 24.4 Å². The highest BCUT2D eigenvalue weighted by Crippen LogP contribution is 2.27. The van der Waals surface area contributed by atoms with Gasteiger partial charge in [-0.15, -0.1) is 0 Å². The van der Waals surface area contributed by atoms with Crippen LogP contribution in [-0.4, -0.2) is 80.9 Å². The lowest BCUT2D eigenvalue weighted by Crippen LogP contribution is -2.67. The topological polar surface area (TPSA) is 113 Å². The molecular weight excluding hydrogens is 412 g/mol. The Bertz CT molecular complexity index is 879. The number of ether oxygens (including phenoxy) is 5. The molecule has 1 fully saturated rings. The Labute approximate surface area is 179 Å². The van der Waals surface area contributed by atoms with Crippen LogP contribution < -0.4 is 15.1 Å². The van der Waals surface area contributed by atoms with Gasteiger partial charge in [-0.05, 0) is 26.8 Å². The summed E-state index contributed by atoms with van der Waals surface area (Å²) in [6, 6.07) is 1.55. The van der Waals surface area contributed by atoms with Gasteiger partial charge in [-0.1, -0.05) is 5.16 Å². The van der Waals surface area contributed by atoms with Crippen molar-refractivity contribution in [2.75, 3.05) is 52.6 Å². The molecule has 0 radical (unpaired) electrons. The fourth-order valence-corrected chi connectivity index (χ4v) is 3.20. The van der Waals surface area contributed by atoms with Gasteiger partial charge in [0.25, 0.3) is 5.91 Å². The van der Waals surface area contributed by atoms with Crippen LogP contribution in [-0.2, 0) is 23.8 Å². The molecule has 172 valence electrons. The number of rotatable bonds is 6. The third-order valence-electron chi connectivity index (χ3n) is 4.37. The number of hydrogen-bond acceptors (Lipinski definition) is 9. The van der Waals surface area contributed by atoms with Crippen LogP contribution in [0.3, 0.4) is 0 Å². The molecule has 1 aromatic heterocycles. The molecule has 2 amide bonds. The number of pyridine rings is 1. The molecule has 0 aliphatic carbocycles. The maximum atomic E-state index is 13.4. The van der Waals surface area contributed by atoms with E-state index in [1.807, 2.05) is 0 Å². The minimum Gasteiger partial charge on any atom is -0.463 e. The van der Waals surface area contributed by atoms with Crippen molar-refractivity contribution in [1.29, 1.82) is 0 Å². The van der Waals surface area contributed by atoms with Gasteiger partial charge in [-0.3, -0.25) is 4.79 Å². The summed E-state index contributed by atoms with van der Waals surface area (Å²) in [6.45, 7) is 5.87. The van der Waals surface area contributed by atoms with E-state index in [2.05, 4.69) is 5.16 Å². The van der Waals surface area contributed by atoms with Gasteiger partial charge in [0.2, 0.25) is 6.79 Å². The number of hydrogen-bond donors (Lipinski definition) is 0. The Morgan fingerprint density at radius 3 is 2.68 bits per heavy atom.